The van der Waals surface area contributed by atoms with Crippen LogP contribution >= 0.6 is 0 Å². The molecule has 2 aliphatic rings. The molecular weight excluding hydrogens is 124 g/mol. The van der Waals surface area contributed by atoms with Crippen molar-refractivity contribution < 1.29 is 0 Å². The van der Waals surface area contributed by atoms with Gasteiger partial charge in [-0.25, -0.2) is 0 Å². The van der Waals surface area contributed by atoms with Crippen molar-refractivity contribution in [2.24, 2.45) is 0 Å². The van der Waals surface area contributed by atoms with Crippen molar-refractivity contribution in [2.45, 2.75) is 12.8 Å². The minimum absolute atomic E-state index is 0.964. The molecule has 0 aromatic rings. The number of nitrogens with one attached hydrogen (secondary N) is 1. The van der Waals surface area contributed by atoms with Gasteiger partial charge < -0.3 is 4.90 Å². The Morgan fingerprint density at radius 2 is 2.20 bits per heavy atom. The summed E-state index contributed by atoms with van der Waals surface area (Å²) in [4.78, 5) is 2.39. The molecule has 1 N–H and O–H groups in total. The van der Waals surface area contributed by atoms with Crippen molar-refractivity contribution in [1.29, 1.82) is 0 Å². The standard InChI is InChI=1S/C8H12N2/c1-2-6-10(5-1)8-3-4-9-7-8/h3,9H,1-2,4-6H2. The van der Waals surface area contributed by atoms with Gasteiger partial charge in [-0.15, -0.1) is 0 Å². The third-order valence-electron chi connectivity index (χ3n) is 2.06. The van der Waals surface area contributed by atoms with Gasteiger partial charge in [-0.3, -0.25) is 5.32 Å². The highest BCUT2D eigenvalue weighted by atomic mass is 15.2. The number of nitrogens with zero attached hydrogens (tertiary/aromatic N) is 1. The molecule has 0 aliphatic carbocycles. The largest absolute Gasteiger partial charge is 0.373 e. The van der Waals surface area contributed by atoms with Crippen molar-refractivity contribution in [2.75, 3.05) is 19.6 Å². The fourth-order valence-corrected chi connectivity index (χ4v) is 1.51. The van der Waals surface area contributed by atoms with Gasteiger partial charge in [-0.05, 0) is 18.9 Å². The Morgan fingerprint density at radius 1 is 1.40 bits per heavy atom. The van der Waals surface area contributed by atoms with E-state index in [1.165, 1.54) is 31.6 Å². The van der Waals surface area contributed by atoms with Crippen LogP contribution in [0.25, 0.3) is 0 Å². The lowest BCUT2D eigenvalue weighted by Gasteiger charge is -2.16. The highest BCUT2D eigenvalue weighted by Gasteiger charge is 2.16. The maximum atomic E-state index is 3.14. The molecule has 2 nitrogen and oxygen atoms in total. The molecule has 2 rings (SSSR count). The van der Waals surface area contributed by atoms with Gasteiger partial charge in [-0.2, -0.15) is 0 Å². The van der Waals surface area contributed by atoms with E-state index in [0.717, 1.165) is 6.54 Å². The molecular formula is C8H12N2. The highest BCUT2D eigenvalue weighted by molar-refractivity contribution is 5.18. The van der Waals surface area contributed by atoms with Crippen LogP contribution < -0.4 is 5.32 Å². The second-order valence-electron chi connectivity index (χ2n) is 2.79. The number of hydrogen-bond donors (Lipinski definition) is 1. The Hall–Kier alpha value is -0.500. The molecule has 10 heavy (non-hydrogen) atoms. The van der Waals surface area contributed by atoms with Crippen LogP contribution in [-0.4, -0.2) is 24.5 Å². The molecule has 0 bridgehead atoms. The zero-order valence-corrected chi connectivity index (χ0v) is 6.06. The number of hydrogen-bond acceptors (Lipinski definition) is 2. The maximum absolute atomic E-state index is 3.14. The fourth-order valence-electron chi connectivity index (χ4n) is 1.51. The summed E-state index contributed by atoms with van der Waals surface area (Å²) in [5.41, 5.74) is 1.28. The number of likely N-dealkylation sites (tertiary alicyclic amines) is 1. The van der Waals surface area contributed by atoms with Crippen molar-refractivity contribution >= 4 is 0 Å². The molecule has 2 heteroatoms. The maximum Gasteiger partial charge on any atom is 0.111 e. The smallest absolute Gasteiger partial charge is 0.111 e. The molecule has 0 amide bonds. The van der Waals surface area contributed by atoms with E-state index in [1.54, 1.807) is 0 Å². The quantitative estimate of drug-likeness (QED) is 0.568. The monoisotopic (exact) mass is 136 g/mol. The molecule has 0 unspecified atom stereocenters. The number of rotatable bonds is 1. The van der Waals surface area contributed by atoms with Gasteiger partial charge in [0.15, 0.2) is 0 Å². The first kappa shape index (κ1) is 6.23. The van der Waals surface area contributed by atoms with Crippen molar-refractivity contribution in [3.8, 4) is 0 Å². The van der Waals surface area contributed by atoms with E-state index >= 15 is 0 Å². The van der Waals surface area contributed by atoms with Gasteiger partial charge in [0.1, 0.15) is 6.54 Å². The fraction of sp³-hybridized carbons (Fsp3) is 0.625. The minimum Gasteiger partial charge on any atom is -0.373 e. The third-order valence-corrected chi connectivity index (χ3v) is 2.06. The van der Waals surface area contributed by atoms with Gasteiger partial charge in [0.05, 0.1) is 0 Å². The van der Waals surface area contributed by atoms with E-state index in [4.69, 9.17) is 0 Å². The zero-order valence-electron chi connectivity index (χ0n) is 6.06. The first-order valence-corrected chi connectivity index (χ1v) is 3.91. The van der Waals surface area contributed by atoms with Crippen LogP contribution in [0.5, 0.6) is 0 Å². The third kappa shape index (κ3) is 1.03. The van der Waals surface area contributed by atoms with Crippen molar-refractivity contribution in [3.63, 3.8) is 0 Å². The first-order chi connectivity index (χ1) is 4.97. The van der Waals surface area contributed by atoms with Crippen molar-refractivity contribution in [1.82, 2.24) is 10.2 Å². The van der Waals surface area contributed by atoms with Crippen LogP contribution in [-0.2, 0) is 0 Å². The van der Waals surface area contributed by atoms with E-state index in [2.05, 4.69) is 22.8 Å². The lowest BCUT2D eigenvalue weighted by molar-refractivity contribution is 0.433. The highest BCUT2D eigenvalue weighted by Crippen LogP contribution is 2.17. The topological polar surface area (TPSA) is 15.3 Å². The zero-order chi connectivity index (χ0) is 6.81. The Bertz CT molecular complexity index is 145. The molecule has 0 aromatic carbocycles. The predicted molar refractivity (Wildman–Crippen MR) is 40.1 cm³/mol. The van der Waals surface area contributed by atoms with Gasteiger partial charge in [0.25, 0.3) is 0 Å². The molecule has 54 valence electrons. The van der Waals surface area contributed by atoms with Gasteiger partial charge in [-0.1, -0.05) is 0 Å². The lowest BCUT2D eigenvalue weighted by atomic mass is 10.4. The van der Waals surface area contributed by atoms with E-state index in [-0.39, 0.29) is 0 Å². The van der Waals surface area contributed by atoms with Crippen LogP contribution in [0.15, 0.2) is 11.8 Å². The van der Waals surface area contributed by atoms with Crippen LogP contribution in [0.3, 0.4) is 0 Å². The van der Waals surface area contributed by atoms with Crippen LogP contribution in [0, 0.1) is 6.54 Å². The average molecular weight is 136 g/mol. The predicted octanol–water partition coefficient (Wildman–Crippen LogP) is 0.608. The average Bonchev–Trinajstić information content (AvgIpc) is 2.59. The molecule has 0 aromatic heterocycles. The van der Waals surface area contributed by atoms with Gasteiger partial charge in [0.2, 0.25) is 0 Å². The summed E-state index contributed by atoms with van der Waals surface area (Å²) in [6.45, 7) is 6.55. The Balaban J connectivity index is 1.97. The summed E-state index contributed by atoms with van der Waals surface area (Å²) in [7, 11) is 0. The summed E-state index contributed by atoms with van der Waals surface area (Å²) in [6.07, 6.45) is 4.89. The van der Waals surface area contributed by atoms with Crippen molar-refractivity contribution in [3.05, 3.63) is 18.3 Å². The Morgan fingerprint density at radius 3 is 2.80 bits per heavy atom. The summed E-state index contributed by atoms with van der Waals surface area (Å²) in [6, 6.07) is 0. The summed E-state index contributed by atoms with van der Waals surface area (Å²) >= 11 is 0. The van der Waals surface area contributed by atoms with E-state index in [1.807, 2.05) is 0 Å². The van der Waals surface area contributed by atoms with E-state index in [9.17, 15) is 0 Å². The lowest BCUT2D eigenvalue weighted by Crippen LogP contribution is -2.19. The Kier molecular flexibility index (Phi) is 1.63. The summed E-state index contributed by atoms with van der Waals surface area (Å²) < 4.78 is 0. The van der Waals surface area contributed by atoms with Gasteiger partial charge >= 0.3 is 0 Å². The molecule has 0 atom stereocenters. The Labute approximate surface area is 61.9 Å². The second kappa shape index (κ2) is 2.62. The van der Waals surface area contributed by atoms with Crippen LogP contribution in [0.4, 0.5) is 0 Å². The molecule has 1 fully saturated rings. The SMILES string of the molecule is [C]1NCC=C1N1CCCC1. The molecule has 2 radical (unpaired) electrons. The summed E-state index contributed by atoms with van der Waals surface area (Å²) in [5.74, 6) is 0. The van der Waals surface area contributed by atoms with E-state index in [0.29, 0.717) is 0 Å². The molecule has 0 saturated carbocycles. The molecule has 2 heterocycles. The molecule has 0 spiro atoms. The van der Waals surface area contributed by atoms with Crippen LogP contribution in [0.1, 0.15) is 12.8 Å². The first-order valence-electron chi connectivity index (χ1n) is 3.91. The second-order valence-corrected chi connectivity index (χ2v) is 2.79. The van der Waals surface area contributed by atoms with Crippen LogP contribution in [0.2, 0.25) is 0 Å². The molecule has 2 aliphatic heterocycles. The normalized spacial score (nSPS) is 25.6. The summed E-state index contributed by atoms with van der Waals surface area (Å²) in [5, 5.41) is 3.06. The van der Waals surface area contributed by atoms with E-state index < -0.39 is 0 Å². The minimum atomic E-state index is 0.964. The molecule has 1 saturated heterocycles. The van der Waals surface area contributed by atoms with Gasteiger partial charge in [0, 0.05) is 25.3 Å².